The minimum Gasteiger partial charge on any atom is -0.340 e. The van der Waals surface area contributed by atoms with Crippen molar-refractivity contribution in [3.8, 4) is 0 Å². The Balaban J connectivity index is 1.83. The van der Waals surface area contributed by atoms with Gasteiger partial charge >= 0.3 is 0 Å². The molecule has 0 saturated carbocycles. The van der Waals surface area contributed by atoms with Gasteiger partial charge in [0.1, 0.15) is 5.82 Å². The molecule has 0 aliphatic heterocycles. The molecule has 0 spiro atoms. The lowest BCUT2D eigenvalue weighted by molar-refractivity contribution is 1.30. The average Bonchev–Trinajstić information content (AvgIpc) is 2.63. The molecule has 1 heterocycles. The van der Waals surface area contributed by atoms with Crippen LogP contribution in [0, 0.1) is 6.92 Å². The molecular weight excluding hydrogens is 292 g/mol. The highest BCUT2D eigenvalue weighted by atomic mass is 15.0. The molecule has 5 aromatic rings. The number of hydrogen-bond acceptors (Lipinski definition) is 2. The van der Waals surface area contributed by atoms with E-state index in [-0.39, 0.29) is 0 Å². The third-order valence-electron chi connectivity index (χ3n) is 4.84. The summed E-state index contributed by atoms with van der Waals surface area (Å²) in [4.78, 5) is 4.38. The Kier molecular flexibility index (Phi) is 2.74. The average molecular weight is 308 g/mol. The van der Waals surface area contributed by atoms with E-state index in [0.29, 0.717) is 0 Å². The van der Waals surface area contributed by atoms with E-state index >= 15 is 0 Å². The SMILES string of the molecule is Cc1c(Nc2ccccn2)cc2ccc3cccc4ccc1c2c34. The highest BCUT2D eigenvalue weighted by molar-refractivity contribution is 6.24. The van der Waals surface area contributed by atoms with Crippen molar-refractivity contribution in [2.24, 2.45) is 0 Å². The Hall–Kier alpha value is -3.13. The predicted octanol–water partition coefficient (Wildman–Crippen LogP) is 6.03. The molecular formula is C22H16N2. The summed E-state index contributed by atoms with van der Waals surface area (Å²) in [6.07, 6.45) is 1.81. The van der Waals surface area contributed by atoms with Crippen molar-refractivity contribution >= 4 is 43.8 Å². The fraction of sp³-hybridized carbons (Fsp3) is 0.0455. The summed E-state index contributed by atoms with van der Waals surface area (Å²) in [5, 5.41) is 11.3. The summed E-state index contributed by atoms with van der Waals surface area (Å²) < 4.78 is 0. The van der Waals surface area contributed by atoms with E-state index in [0.717, 1.165) is 11.5 Å². The number of nitrogens with one attached hydrogen (secondary N) is 1. The minimum atomic E-state index is 0.869. The Morgan fingerprint density at radius 2 is 1.54 bits per heavy atom. The Morgan fingerprint density at radius 3 is 2.33 bits per heavy atom. The van der Waals surface area contributed by atoms with Crippen molar-refractivity contribution < 1.29 is 0 Å². The molecule has 0 saturated heterocycles. The molecule has 0 amide bonds. The van der Waals surface area contributed by atoms with E-state index in [9.17, 15) is 0 Å². The van der Waals surface area contributed by atoms with Crippen LogP contribution in [0.25, 0.3) is 32.3 Å². The van der Waals surface area contributed by atoms with E-state index < -0.39 is 0 Å². The first-order valence-electron chi connectivity index (χ1n) is 8.16. The monoisotopic (exact) mass is 308 g/mol. The molecule has 0 aliphatic rings. The molecule has 2 nitrogen and oxygen atoms in total. The van der Waals surface area contributed by atoms with Gasteiger partial charge in [-0.15, -0.1) is 0 Å². The highest BCUT2D eigenvalue weighted by Gasteiger charge is 2.12. The smallest absolute Gasteiger partial charge is 0.130 e. The van der Waals surface area contributed by atoms with Crippen LogP contribution in [-0.2, 0) is 0 Å². The van der Waals surface area contributed by atoms with Gasteiger partial charge in [-0.2, -0.15) is 0 Å². The molecule has 0 aliphatic carbocycles. The highest BCUT2D eigenvalue weighted by Crippen LogP contribution is 2.39. The van der Waals surface area contributed by atoms with Gasteiger partial charge in [0, 0.05) is 11.9 Å². The van der Waals surface area contributed by atoms with E-state index in [4.69, 9.17) is 0 Å². The number of nitrogens with zero attached hydrogens (tertiary/aromatic N) is 1. The number of hydrogen-bond donors (Lipinski definition) is 1. The van der Waals surface area contributed by atoms with Crippen molar-refractivity contribution in [3.63, 3.8) is 0 Å². The maximum absolute atomic E-state index is 4.38. The quantitative estimate of drug-likeness (QED) is 0.403. The van der Waals surface area contributed by atoms with Gasteiger partial charge < -0.3 is 5.32 Å². The molecule has 1 N–H and O–H groups in total. The molecule has 1 aromatic heterocycles. The molecule has 0 bridgehead atoms. The lowest BCUT2D eigenvalue weighted by Crippen LogP contribution is -1.97. The standard InChI is InChI=1S/C22H16N2/c1-14-18-11-10-16-6-4-5-15-8-9-17(22(18)21(15)16)13-19(14)24-20-7-2-3-12-23-20/h2-13H,1H3,(H,23,24). The van der Waals surface area contributed by atoms with Gasteiger partial charge in [-0.1, -0.05) is 48.5 Å². The maximum Gasteiger partial charge on any atom is 0.130 e. The van der Waals surface area contributed by atoms with Crippen LogP contribution in [0.1, 0.15) is 5.56 Å². The van der Waals surface area contributed by atoms with E-state index in [1.54, 1.807) is 0 Å². The summed E-state index contributed by atoms with van der Waals surface area (Å²) in [6, 6.07) is 23.5. The Labute approximate surface area is 140 Å². The van der Waals surface area contributed by atoms with Crippen LogP contribution in [0.3, 0.4) is 0 Å². The first-order chi connectivity index (χ1) is 11.8. The summed E-state index contributed by atoms with van der Waals surface area (Å²) in [5.74, 6) is 0.869. The number of anilines is 2. The maximum atomic E-state index is 4.38. The molecule has 24 heavy (non-hydrogen) atoms. The van der Waals surface area contributed by atoms with Gasteiger partial charge in [0.2, 0.25) is 0 Å². The van der Waals surface area contributed by atoms with Crippen LogP contribution in [0.5, 0.6) is 0 Å². The van der Waals surface area contributed by atoms with Crippen LogP contribution in [0.15, 0.2) is 72.9 Å². The molecule has 114 valence electrons. The zero-order valence-electron chi connectivity index (χ0n) is 13.4. The predicted molar refractivity (Wildman–Crippen MR) is 102 cm³/mol. The topological polar surface area (TPSA) is 24.9 Å². The largest absolute Gasteiger partial charge is 0.340 e. The second kappa shape index (κ2) is 4.93. The van der Waals surface area contributed by atoms with Crippen LogP contribution in [0.4, 0.5) is 11.5 Å². The van der Waals surface area contributed by atoms with Gasteiger partial charge in [-0.05, 0) is 63.0 Å². The van der Waals surface area contributed by atoms with Gasteiger partial charge in [-0.25, -0.2) is 4.98 Å². The van der Waals surface area contributed by atoms with Gasteiger partial charge in [0.05, 0.1) is 0 Å². The van der Waals surface area contributed by atoms with Crippen molar-refractivity contribution in [1.82, 2.24) is 4.98 Å². The van der Waals surface area contributed by atoms with Gasteiger partial charge in [0.25, 0.3) is 0 Å². The summed E-state index contributed by atoms with van der Waals surface area (Å²) in [7, 11) is 0. The van der Waals surface area contributed by atoms with Crippen molar-refractivity contribution in [2.45, 2.75) is 6.92 Å². The second-order valence-corrected chi connectivity index (χ2v) is 6.25. The number of pyridine rings is 1. The van der Waals surface area contributed by atoms with Crippen LogP contribution in [-0.4, -0.2) is 4.98 Å². The van der Waals surface area contributed by atoms with Crippen molar-refractivity contribution in [1.29, 1.82) is 0 Å². The van der Waals surface area contributed by atoms with Gasteiger partial charge in [-0.3, -0.25) is 0 Å². The molecule has 0 atom stereocenters. The zero-order chi connectivity index (χ0) is 16.1. The summed E-state index contributed by atoms with van der Waals surface area (Å²) in [5.41, 5.74) is 2.37. The number of benzene rings is 4. The normalized spacial score (nSPS) is 11.5. The number of rotatable bonds is 2. The Morgan fingerprint density at radius 1 is 0.750 bits per heavy atom. The molecule has 0 radical (unpaired) electrons. The van der Waals surface area contributed by atoms with Crippen LogP contribution in [0.2, 0.25) is 0 Å². The molecule has 0 unspecified atom stereocenters. The third kappa shape index (κ3) is 1.86. The Bertz CT molecular complexity index is 1160. The van der Waals surface area contributed by atoms with Gasteiger partial charge in [0.15, 0.2) is 0 Å². The van der Waals surface area contributed by atoms with Crippen molar-refractivity contribution in [2.75, 3.05) is 5.32 Å². The number of aromatic nitrogens is 1. The third-order valence-corrected chi connectivity index (χ3v) is 4.84. The summed E-state index contributed by atoms with van der Waals surface area (Å²) in [6.45, 7) is 2.18. The van der Waals surface area contributed by atoms with E-state index in [1.165, 1.54) is 37.9 Å². The lowest BCUT2D eigenvalue weighted by Gasteiger charge is -2.16. The molecule has 4 aromatic carbocycles. The zero-order valence-corrected chi connectivity index (χ0v) is 13.4. The molecule has 5 rings (SSSR count). The van der Waals surface area contributed by atoms with Crippen LogP contribution >= 0.6 is 0 Å². The number of aryl methyl sites for hydroxylation is 1. The fourth-order valence-corrected chi connectivity index (χ4v) is 3.66. The molecule has 2 heteroatoms. The van der Waals surface area contributed by atoms with Crippen LogP contribution < -0.4 is 5.32 Å². The fourth-order valence-electron chi connectivity index (χ4n) is 3.66. The van der Waals surface area contributed by atoms with Crippen molar-refractivity contribution in [3.05, 3.63) is 78.5 Å². The minimum absolute atomic E-state index is 0.869. The van der Waals surface area contributed by atoms with E-state index in [2.05, 4.69) is 65.8 Å². The summed E-state index contributed by atoms with van der Waals surface area (Å²) >= 11 is 0. The van der Waals surface area contributed by atoms with E-state index in [1.807, 2.05) is 24.4 Å². The first kappa shape index (κ1) is 13.3. The first-order valence-corrected chi connectivity index (χ1v) is 8.16. The second-order valence-electron chi connectivity index (χ2n) is 6.25. The lowest BCUT2D eigenvalue weighted by atomic mass is 9.91. The molecule has 0 fully saturated rings.